The first-order chi connectivity index (χ1) is 11.1. The molecular weight excluding hydrogens is 292 g/mol. The van der Waals surface area contributed by atoms with Crippen molar-refractivity contribution in [2.45, 2.75) is 38.3 Å². The number of nitriles is 1. The first-order valence-electron chi connectivity index (χ1n) is 7.76. The van der Waals surface area contributed by atoms with E-state index in [0.29, 0.717) is 12.4 Å². The number of rotatable bonds is 4. The molecule has 0 spiro atoms. The quantitative estimate of drug-likeness (QED) is 0.833. The maximum Gasteiger partial charge on any atom is 0.162 e. The number of fused-ring (bicyclic) bond motifs is 1. The largest absolute Gasteiger partial charge is 0.365 e. The average molecular weight is 312 g/mol. The summed E-state index contributed by atoms with van der Waals surface area (Å²) >= 11 is 0. The molecule has 0 aromatic carbocycles. The lowest BCUT2D eigenvalue weighted by Crippen LogP contribution is -2.54. The monoisotopic (exact) mass is 312 g/mol. The summed E-state index contributed by atoms with van der Waals surface area (Å²) < 4.78 is 0. The van der Waals surface area contributed by atoms with Crippen LogP contribution in [0.5, 0.6) is 0 Å². The highest BCUT2D eigenvalue weighted by Gasteiger charge is 2.35. The first kappa shape index (κ1) is 15.4. The summed E-state index contributed by atoms with van der Waals surface area (Å²) in [5.41, 5.74) is -0.256. The molecule has 0 bridgehead atoms. The highest BCUT2D eigenvalue weighted by molar-refractivity contribution is 5.87. The third kappa shape index (κ3) is 2.90. The first-order valence-corrected chi connectivity index (χ1v) is 7.76. The van der Waals surface area contributed by atoms with Crippen LogP contribution in [0.15, 0.2) is 12.3 Å². The topological polar surface area (TPSA) is 97.7 Å². The van der Waals surface area contributed by atoms with Crippen LogP contribution in [0, 0.1) is 18.3 Å². The Labute approximate surface area is 134 Å². The Morgan fingerprint density at radius 3 is 3.13 bits per heavy atom. The number of aromatic nitrogens is 3. The zero-order valence-electron chi connectivity index (χ0n) is 13.3. The molecule has 1 aliphatic heterocycles. The molecule has 7 heteroatoms. The van der Waals surface area contributed by atoms with Gasteiger partial charge in [-0.25, -0.2) is 9.97 Å². The van der Waals surface area contributed by atoms with Gasteiger partial charge in [-0.2, -0.15) is 5.26 Å². The summed E-state index contributed by atoms with van der Waals surface area (Å²) in [4.78, 5) is 25.2. The fourth-order valence-corrected chi connectivity index (χ4v) is 3.04. The van der Waals surface area contributed by atoms with Crippen molar-refractivity contribution in [2.75, 3.05) is 18.4 Å². The minimum absolute atomic E-state index is 0.142. The van der Waals surface area contributed by atoms with Gasteiger partial charge in [-0.15, -0.1) is 0 Å². The summed E-state index contributed by atoms with van der Waals surface area (Å²) in [6.45, 7) is 4.92. The number of carbonyl (C=O) groups excluding carboxylic acids is 1. The minimum Gasteiger partial charge on any atom is -0.365 e. The smallest absolute Gasteiger partial charge is 0.162 e. The third-order valence-corrected chi connectivity index (χ3v) is 4.40. The van der Waals surface area contributed by atoms with Crippen LogP contribution < -0.4 is 5.32 Å². The Morgan fingerprint density at radius 1 is 1.57 bits per heavy atom. The maximum atomic E-state index is 11.3. The second kappa shape index (κ2) is 5.97. The fraction of sp³-hybridized carbons (Fsp3) is 0.500. The van der Waals surface area contributed by atoms with Gasteiger partial charge in [0.2, 0.25) is 0 Å². The van der Waals surface area contributed by atoms with Crippen molar-refractivity contribution in [3.8, 4) is 6.07 Å². The van der Waals surface area contributed by atoms with Crippen LogP contribution in [0.25, 0.3) is 11.0 Å². The second-order valence-electron chi connectivity index (χ2n) is 6.17. The SMILES string of the molecule is Cc1nc(NC2CCCN(C(C)(C#N)C=O)C2)c2cc[nH]c2n1. The number of H-pyrrole nitrogens is 1. The van der Waals surface area contributed by atoms with E-state index in [1.807, 2.05) is 24.1 Å². The summed E-state index contributed by atoms with van der Waals surface area (Å²) in [5, 5.41) is 13.7. The summed E-state index contributed by atoms with van der Waals surface area (Å²) in [6.07, 6.45) is 4.49. The van der Waals surface area contributed by atoms with Crippen LogP contribution in [0.2, 0.25) is 0 Å². The van der Waals surface area contributed by atoms with Crippen LogP contribution in [0.4, 0.5) is 5.82 Å². The van der Waals surface area contributed by atoms with Crippen LogP contribution in [-0.2, 0) is 4.79 Å². The van der Waals surface area contributed by atoms with Crippen molar-refractivity contribution in [1.29, 1.82) is 5.26 Å². The van der Waals surface area contributed by atoms with Gasteiger partial charge < -0.3 is 15.1 Å². The number of piperidine rings is 1. The van der Waals surface area contributed by atoms with Crippen molar-refractivity contribution < 1.29 is 4.79 Å². The molecule has 0 amide bonds. The predicted molar refractivity (Wildman–Crippen MR) is 86.9 cm³/mol. The van der Waals surface area contributed by atoms with Gasteiger partial charge in [0.1, 0.15) is 17.3 Å². The number of aldehydes is 1. The van der Waals surface area contributed by atoms with Gasteiger partial charge >= 0.3 is 0 Å². The van der Waals surface area contributed by atoms with E-state index in [1.165, 1.54) is 0 Å². The number of aryl methyl sites for hydroxylation is 1. The number of nitrogens with zero attached hydrogens (tertiary/aromatic N) is 4. The Kier molecular flexibility index (Phi) is 4.01. The number of hydrogen-bond acceptors (Lipinski definition) is 6. The van der Waals surface area contributed by atoms with Crippen LogP contribution >= 0.6 is 0 Å². The molecule has 0 aliphatic carbocycles. The Morgan fingerprint density at radius 2 is 2.39 bits per heavy atom. The van der Waals surface area contributed by atoms with E-state index in [-0.39, 0.29) is 6.04 Å². The van der Waals surface area contributed by atoms with Gasteiger partial charge in [-0.3, -0.25) is 4.90 Å². The summed E-state index contributed by atoms with van der Waals surface area (Å²) in [6, 6.07) is 4.21. The molecule has 7 nitrogen and oxygen atoms in total. The van der Waals surface area contributed by atoms with Gasteiger partial charge in [0, 0.05) is 25.3 Å². The molecule has 3 heterocycles. The van der Waals surface area contributed by atoms with E-state index in [0.717, 1.165) is 42.5 Å². The van der Waals surface area contributed by atoms with Gasteiger partial charge in [0.05, 0.1) is 11.5 Å². The van der Waals surface area contributed by atoms with Crippen LogP contribution in [0.3, 0.4) is 0 Å². The van der Waals surface area contributed by atoms with E-state index >= 15 is 0 Å². The molecule has 23 heavy (non-hydrogen) atoms. The number of likely N-dealkylation sites (tertiary alicyclic amines) is 1. The fourth-order valence-electron chi connectivity index (χ4n) is 3.04. The van der Waals surface area contributed by atoms with Gasteiger partial charge in [-0.05, 0) is 32.8 Å². The van der Waals surface area contributed by atoms with Crippen molar-refractivity contribution >= 4 is 23.1 Å². The average Bonchev–Trinajstić information content (AvgIpc) is 3.03. The molecule has 0 saturated carbocycles. The second-order valence-corrected chi connectivity index (χ2v) is 6.17. The van der Waals surface area contributed by atoms with E-state index < -0.39 is 5.54 Å². The Balaban J connectivity index is 1.81. The zero-order valence-corrected chi connectivity index (χ0v) is 13.3. The van der Waals surface area contributed by atoms with E-state index in [4.69, 9.17) is 0 Å². The van der Waals surface area contributed by atoms with Crippen LogP contribution in [-0.4, -0.2) is 50.8 Å². The molecule has 2 aromatic heterocycles. The highest BCUT2D eigenvalue weighted by atomic mass is 16.1. The zero-order chi connectivity index (χ0) is 16.4. The number of hydrogen-bond donors (Lipinski definition) is 2. The molecule has 2 aromatic rings. The Bertz CT molecular complexity index is 764. The van der Waals surface area contributed by atoms with Crippen molar-refractivity contribution in [3.05, 3.63) is 18.1 Å². The molecule has 1 saturated heterocycles. The molecule has 2 unspecified atom stereocenters. The number of carbonyl (C=O) groups is 1. The number of anilines is 1. The molecule has 1 aliphatic rings. The minimum atomic E-state index is -1.06. The molecule has 2 atom stereocenters. The number of nitrogens with one attached hydrogen (secondary N) is 2. The molecular formula is C16H20N6O. The van der Waals surface area contributed by atoms with Crippen molar-refractivity contribution in [3.63, 3.8) is 0 Å². The summed E-state index contributed by atoms with van der Waals surface area (Å²) in [7, 11) is 0. The number of aromatic amines is 1. The summed E-state index contributed by atoms with van der Waals surface area (Å²) in [5.74, 6) is 1.50. The molecule has 3 rings (SSSR count). The highest BCUT2D eigenvalue weighted by Crippen LogP contribution is 2.24. The van der Waals surface area contributed by atoms with E-state index in [1.54, 1.807) is 6.92 Å². The molecule has 0 radical (unpaired) electrons. The maximum absolute atomic E-state index is 11.3. The standard InChI is InChI=1S/C16H20N6O/c1-11-19-14-13(5-6-18-14)15(20-11)21-12-4-3-7-22(8-12)16(2,9-17)10-23/h5-6,10,12H,3-4,7-8H2,1-2H3,(H2,18,19,20,21). The van der Waals surface area contributed by atoms with E-state index in [9.17, 15) is 10.1 Å². The lowest BCUT2D eigenvalue weighted by molar-refractivity contribution is -0.115. The lowest BCUT2D eigenvalue weighted by atomic mass is 9.97. The third-order valence-electron chi connectivity index (χ3n) is 4.40. The van der Waals surface area contributed by atoms with Crippen molar-refractivity contribution in [1.82, 2.24) is 19.9 Å². The molecule has 1 fully saturated rings. The molecule has 2 N–H and O–H groups in total. The van der Waals surface area contributed by atoms with Crippen LogP contribution in [0.1, 0.15) is 25.6 Å². The normalized spacial score (nSPS) is 21.5. The lowest BCUT2D eigenvalue weighted by Gasteiger charge is -2.39. The van der Waals surface area contributed by atoms with Gasteiger partial charge in [0.15, 0.2) is 11.8 Å². The van der Waals surface area contributed by atoms with E-state index in [2.05, 4.69) is 26.3 Å². The van der Waals surface area contributed by atoms with Gasteiger partial charge in [0.25, 0.3) is 0 Å². The molecule has 120 valence electrons. The van der Waals surface area contributed by atoms with Crippen molar-refractivity contribution in [2.24, 2.45) is 0 Å². The Hall–Kier alpha value is -2.46. The predicted octanol–water partition coefficient (Wildman–Crippen LogP) is 1.62. The van der Waals surface area contributed by atoms with Gasteiger partial charge in [-0.1, -0.05) is 0 Å².